The van der Waals surface area contributed by atoms with Crippen LogP contribution in [0, 0.1) is 0 Å². The molecule has 1 aliphatic rings. The van der Waals surface area contributed by atoms with Gasteiger partial charge in [-0.3, -0.25) is 9.78 Å². The zero-order chi connectivity index (χ0) is 18.5. The molecule has 9 nitrogen and oxygen atoms in total. The Bertz CT molecular complexity index is 763. The number of aromatic nitrogens is 3. The molecular weight excluding hydrogens is 336 g/mol. The second-order valence-electron chi connectivity index (χ2n) is 6.27. The minimum absolute atomic E-state index is 0.0803. The topological polar surface area (TPSA) is 104 Å². The Kier molecular flexibility index (Phi) is 5.45. The van der Waals surface area contributed by atoms with E-state index < -0.39 is 0 Å². The number of carbonyl (C=O) groups excluding carboxylic acids is 2. The Labute approximate surface area is 151 Å². The highest BCUT2D eigenvalue weighted by molar-refractivity contribution is 5.81. The third-order valence-corrected chi connectivity index (χ3v) is 4.12. The van der Waals surface area contributed by atoms with Crippen LogP contribution in [0.3, 0.4) is 0 Å². The lowest BCUT2D eigenvalue weighted by Crippen LogP contribution is -2.44. The van der Waals surface area contributed by atoms with Gasteiger partial charge in [-0.25, -0.2) is 4.79 Å². The Morgan fingerprint density at radius 1 is 1.46 bits per heavy atom. The average Bonchev–Trinajstić information content (AvgIpc) is 3.23. The van der Waals surface area contributed by atoms with Crippen molar-refractivity contribution in [3.8, 4) is 11.5 Å². The molecule has 3 amide bonds. The largest absolute Gasteiger partial charge is 0.341 e. The van der Waals surface area contributed by atoms with Gasteiger partial charge in [0.15, 0.2) is 0 Å². The summed E-state index contributed by atoms with van der Waals surface area (Å²) in [6.45, 7) is 3.47. The Morgan fingerprint density at radius 2 is 2.31 bits per heavy atom. The number of hydrogen-bond acceptors (Lipinski definition) is 6. The summed E-state index contributed by atoms with van der Waals surface area (Å²) in [7, 11) is 1.64. The summed E-state index contributed by atoms with van der Waals surface area (Å²) in [6.07, 6.45) is 2.89. The van der Waals surface area contributed by atoms with Gasteiger partial charge in [0.2, 0.25) is 17.6 Å². The number of rotatable bonds is 6. The fraction of sp³-hybridized carbons (Fsp3) is 0.471. The first-order valence-electron chi connectivity index (χ1n) is 8.60. The number of amides is 3. The van der Waals surface area contributed by atoms with E-state index in [1.807, 2.05) is 13.0 Å². The van der Waals surface area contributed by atoms with E-state index in [2.05, 4.69) is 20.4 Å². The van der Waals surface area contributed by atoms with Crippen molar-refractivity contribution in [2.75, 3.05) is 20.1 Å². The SMILES string of the molecule is CCCN1C[C@@H](NC(=O)N(C)Cc2nc(-c3ccccn3)no2)CC1=O. The second kappa shape index (κ2) is 7.94. The van der Waals surface area contributed by atoms with Gasteiger partial charge < -0.3 is 19.6 Å². The second-order valence-corrected chi connectivity index (χ2v) is 6.27. The van der Waals surface area contributed by atoms with Gasteiger partial charge in [0, 0.05) is 32.8 Å². The van der Waals surface area contributed by atoms with E-state index in [1.54, 1.807) is 30.3 Å². The van der Waals surface area contributed by atoms with Crippen LogP contribution < -0.4 is 5.32 Å². The molecule has 3 rings (SSSR count). The summed E-state index contributed by atoms with van der Waals surface area (Å²) >= 11 is 0. The van der Waals surface area contributed by atoms with Gasteiger partial charge in [0.05, 0.1) is 6.04 Å². The lowest BCUT2D eigenvalue weighted by atomic mass is 10.2. The van der Waals surface area contributed by atoms with Crippen LogP contribution >= 0.6 is 0 Å². The van der Waals surface area contributed by atoms with Crippen molar-refractivity contribution < 1.29 is 14.1 Å². The smallest absolute Gasteiger partial charge is 0.317 e. The number of nitrogens with zero attached hydrogens (tertiary/aromatic N) is 5. The van der Waals surface area contributed by atoms with Crippen molar-refractivity contribution in [2.24, 2.45) is 0 Å². The third kappa shape index (κ3) is 4.16. The Balaban J connectivity index is 1.53. The van der Waals surface area contributed by atoms with Crippen LogP contribution in [-0.4, -0.2) is 63.0 Å². The molecule has 1 aliphatic heterocycles. The normalized spacial score (nSPS) is 16.8. The molecule has 1 N–H and O–H groups in total. The van der Waals surface area contributed by atoms with Crippen LogP contribution in [-0.2, 0) is 11.3 Å². The van der Waals surface area contributed by atoms with Crippen LogP contribution in [0.2, 0.25) is 0 Å². The zero-order valence-corrected chi connectivity index (χ0v) is 14.9. The molecule has 2 aromatic heterocycles. The highest BCUT2D eigenvalue weighted by Gasteiger charge is 2.30. The summed E-state index contributed by atoms with van der Waals surface area (Å²) in [5.41, 5.74) is 0.607. The number of hydrogen-bond donors (Lipinski definition) is 1. The first kappa shape index (κ1) is 17.8. The molecule has 0 radical (unpaired) electrons. The maximum atomic E-state index is 12.3. The van der Waals surface area contributed by atoms with E-state index in [1.165, 1.54) is 4.90 Å². The molecule has 9 heteroatoms. The predicted molar refractivity (Wildman–Crippen MR) is 92.8 cm³/mol. The molecule has 0 spiro atoms. The fourth-order valence-electron chi connectivity index (χ4n) is 2.83. The standard InChI is InChI=1S/C17H22N6O3/c1-3-8-23-10-12(9-15(23)24)19-17(25)22(2)11-14-20-16(21-26-14)13-6-4-5-7-18-13/h4-7,12H,3,8-11H2,1-2H3,(H,19,25)/t12-/m0/s1. The van der Waals surface area contributed by atoms with Gasteiger partial charge in [-0.1, -0.05) is 18.1 Å². The number of pyridine rings is 1. The Hall–Kier alpha value is -2.97. The van der Waals surface area contributed by atoms with Crippen molar-refractivity contribution in [3.05, 3.63) is 30.3 Å². The highest BCUT2D eigenvalue weighted by Crippen LogP contribution is 2.14. The number of likely N-dealkylation sites (tertiary alicyclic amines) is 1. The van der Waals surface area contributed by atoms with Crippen molar-refractivity contribution in [2.45, 2.75) is 32.4 Å². The highest BCUT2D eigenvalue weighted by atomic mass is 16.5. The molecule has 26 heavy (non-hydrogen) atoms. The summed E-state index contributed by atoms with van der Waals surface area (Å²) < 4.78 is 5.19. The van der Waals surface area contributed by atoms with Crippen LogP contribution in [0.5, 0.6) is 0 Å². The van der Waals surface area contributed by atoms with E-state index in [9.17, 15) is 9.59 Å². The van der Waals surface area contributed by atoms with Crippen LogP contribution in [0.1, 0.15) is 25.7 Å². The van der Waals surface area contributed by atoms with Gasteiger partial charge in [-0.05, 0) is 18.6 Å². The first-order chi connectivity index (χ1) is 12.6. The van der Waals surface area contributed by atoms with Crippen molar-refractivity contribution in [1.82, 2.24) is 30.2 Å². The van der Waals surface area contributed by atoms with Gasteiger partial charge in [-0.15, -0.1) is 0 Å². The zero-order valence-electron chi connectivity index (χ0n) is 14.9. The van der Waals surface area contributed by atoms with Crippen molar-refractivity contribution in [1.29, 1.82) is 0 Å². The van der Waals surface area contributed by atoms with E-state index >= 15 is 0 Å². The lowest BCUT2D eigenvalue weighted by Gasteiger charge is -2.20. The average molecular weight is 358 g/mol. The monoisotopic (exact) mass is 358 g/mol. The molecule has 0 aromatic carbocycles. The predicted octanol–water partition coefficient (Wildman–Crippen LogP) is 1.28. The molecule has 0 saturated carbocycles. The van der Waals surface area contributed by atoms with Gasteiger partial charge in [0.25, 0.3) is 0 Å². The van der Waals surface area contributed by atoms with Crippen LogP contribution in [0.4, 0.5) is 4.79 Å². The van der Waals surface area contributed by atoms with E-state index in [0.29, 0.717) is 30.4 Å². The van der Waals surface area contributed by atoms with Crippen molar-refractivity contribution >= 4 is 11.9 Å². The molecule has 3 heterocycles. The molecule has 1 atom stereocenters. The summed E-state index contributed by atoms with van der Waals surface area (Å²) in [5, 5.41) is 6.76. The molecule has 1 fully saturated rings. The summed E-state index contributed by atoms with van der Waals surface area (Å²) in [4.78, 5) is 35.9. The molecule has 0 unspecified atom stereocenters. The molecule has 138 valence electrons. The molecule has 2 aromatic rings. The number of carbonyl (C=O) groups is 2. The maximum Gasteiger partial charge on any atom is 0.317 e. The van der Waals surface area contributed by atoms with E-state index in [-0.39, 0.29) is 24.5 Å². The lowest BCUT2D eigenvalue weighted by molar-refractivity contribution is -0.127. The molecule has 0 aliphatic carbocycles. The van der Waals surface area contributed by atoms with E-state index in [0.717, 1.165) is 13.0 Å². The summed E-state index contributed by atoms with van der Waals surface area (Å²) in [5.74, 6) is 0.779. The van der Waals surface area contributed by atoms with Gasteiger partial charge >= 0.3 is 6.03 Å². The molecule has 1 saturated heterocycles. The number of urea groups is 1. The third-order valence-electron chi connectivity index (χ3n) is 4.12. The fourth-order valence-corrected chi connectivity index (χ4v) is 2.83. The minimum Gasteiger partial charge on any atom is -0.341 e. The Morgan fingerprint density at radius 3 is 3.04 bits per heavy atom. The van der Waals surface area contributed by atoms with Crippen LogP contribution in [0.15, 0.2) is 28.9 Å². The molecule has 0 bridgehead atoms. The van der Waals surface area contributed by atoms with Crippen LogP contribution in [0.25, 0.3) is 11.5 Å². The van der Waals surface area contributed by atoms with E-state index in [4.69, 9.17) is 4.52 Å². The minimum atomic E-state index is -0.279. The maximum absolute atomic E-state index is 12.3. The molecular formula is C17H22N6O3. The van der Waals surface area contributed by atoms with Gasteiger partial charge in [0.1, 0.15) is 12.2 Å². The van der Waals surface area contributed by atoms with Crippen molar-refractivity contribution in [3.63, 3.8) is 0 Å². The summed E-state index contributed by atoms with van der Waals surface area (Å²) in [6, 6.07) is 4.97. The number of nitrogens with one attached hydrogen (secondary N) is 1. The van der Waals surface area contributed by atoms with Gasteiger partial charge in [-0.2, -0.15) is 4.98 Å². The first-order valence-corrected chi connectivity index (χ1v) is 8.60. The quantitative estimate of drug-likeness (QED) is 0.834.